The lowest BCUT2D eigenvalue weighted by Crippen LogP contribution is -2.59. The molecule has 342 valence electrons. The summed E-state index contributed by atoms with van der Waals surface area (Å²) in [5.41, 5.74) is 6.76. The van der Waals surface area contributed by atoms with Crippen LogP contribution in [0, 0.1) is 35.5 Å². The first-order valence-electron chi connectivity index (χ1n) is 21.1. The van der Waals surface area contributed by atoms with E-state index >= 15 is 0 Å². The minimum atomic E-state index is -1.97. The van der Waals surface area contributed by atoms with Crippen molar-refractivity contribution in [2.24, 2.45) is 41.2 Å². The normalized spacial score (nSPS) is 42.7. The molecule has 15 nitrogen and oxygen atoms in total. The average molecular weight is 852 g/mol. The van der Waals surface area contributed by atoms with Crippen LogP contribution in [-0.4, -0.2) is 125 Å². The van der Waals surface area contributed by atoms with Gasteiger partial charge in [0.25, 0.3) is 0 Å². The van der Waals surface area contributed by atoms with Gasteiger partial charge in [-0.05, 0) is 46.1 Å². The van der Waals surface area contributed by atoms with Crippen LogP contribution in [0.15, 0.2) is 59.4 Å². The third-order valence-electron chi connectivity index (χ3n) is 12.5. The van der Waals surface area contributed by atoms with Gasteiger partial charge in [0.1, 0.15) is 12.2 Å². The molecule has 3 aliphatic heterocycles. The number of carbonyl (C=O) groups excluding carboxylic acids is 2. The fraction of sp³-hybridized carbons (Fsp3) is 0.733. The zero-order valence-electron chi connectivity index (χ0n) is 37.5. The van der Waals surface area contributed by atoms with Crippen molar-refractivity contribution in [3.8, 4) is 0 Å². The van der Waals surface area contributed by atoms with Crippen molar-refractivity contribution >= 4 is 12.1 Å². The van der Waals surface area contributed by atoms with E-state index in [0.717, 1.165) is 5.57 Å². The van der Waals surface area contributed by atoms with Crippen LogP contribution in [0.3, 0.4) is 0 Å². The van der Waals surface area contributed by atoms with Crippen LogP contribution in [0.2, 0.25) is 0 Å². The van der Waals surface area contributed by atoms with Crippen LogP contribution in [0.25, 0.3) is 0 Å². The van der Waals surface area contributed by atoms with Gasteiger partial charge >= 0.3 is 12.1 Å². The minimum absolute atomic E-state index is 0.0314. The number of hydrogen-bond acceptors (Lipinski definition) is 14. The van der Waals surface area contributed by atoms with Crippen LogP contribution in [0.5, 0.6) is 0 Å². The Hall–Kier alpha value is -3.12. The fourth-order valence-electron chi connectivity index (χ4n) is 8.64. The molecule has 7 N–H and O–H groups in total. The number of ether oxygens (including phenoxy) is 7. The van der Waals surface area contributed by atoms with Crippen LogP contribution >= 0.6 is 0 Å². The van der Waals surface area contributed by atoms with Gasteiger partial charge in [-0.3, -0.25) is 0 Å². The zero-order chi connectivity index (χ0) is 45.2. The molecule has 15 heteroatoms. The first-order chi connectivity index (χ1) is 28.1. The number of allylic oxidation sites excluding steroid dienone is 6. The second kappa shape index (κ2) is 22.8. The summed E-state index contributed by atoms with van der Waals surface area (Å²) in [7, 11) is 2.80. The number of nitrogens with two attached hydrogens (primary N) is 1. The van der Waals surface area contributed by atoms with Crippen LogP contribution in [0.4, 0.5) is 4.79 Å². The average Bonchev–Trinajstić information content (AvgIpc) is 3.18. The molecule has 0 radical (unpaired) electrons. The van der Waals surface area contributed by atoms with Gasteiger partial charge in [-0.1, -0.05) is 89.1 Å². The highest BCUT2D eigenvalue weighted by Crippen LogP contribution is 2.42. The maximum Gasteiger partial charge on any atom is 0.404 e. The monoisotopic (exact) mass is 852 g/mol. The zero-order valence-corrected chi connectivity index (χ0v) is 37.5. The largest absolute Gasteiger partial charge is 0.490 e. The predicted octanol–water partition coefficient (Wildman–Crippen LogP) is 4.59. The van der Waals surface area contributed by atoms with Crippen molar-refractivity contribution in [2.75, 3.05) is 14.2 Å². The third-order valence-corrected chi connectivity index (χ3v) is 12.5. The van der Waals surface area contributed by atoms with E-state index in [1.165, 1.54) is 20.3 Å². The summed E-state index contributed by atoms with van der Waals surface area (Å²) >= 11 is 0. The van der Waals surface area contributed by atoms with Crippen molar-refractivity contribution in [3.63, 3.8) is 0 Å². The number of methoxy groups -OCH3 is 2. The quantitative estimate of drug-likeness (QED) is 0.131. The van der Waals surface area contributed by atoms with Crippen molar-refractivity contribution in [3.05, 3.63) is 59.4 Å². The van der Waals surface area contributed by atoms with Gasteiger partial charge in [0.05, 0.1) is 49.8 Å². The third kappa shape index (κ3) is 13.2. The molecule has 0 aromatic carbocycles. The highest BCUT2D eigenvalue weighted by atomic mass is 16.7. The molecule has 0 aromatic rings. The van der Waals surface area contributed by atoms with Crippen molar-refractivity contribution in [1.82, 2.24) is 0 Å². The van der Waals surface area contributed by atoms with Gasteiger partial charge in [0.2, 0.25) is 5.76 Å². The first kappa shape index (κ1) is 51.2. The maximum atomic E-state index is 13.9. The van der Waals surface area contributed by atoms with Gasteiger partial charge in [-0.25, -0.2) is 9.59 Å². The molecular weight excluding hydrogens is 778 g/mol. The lowest BCUT2D eigenvalue weighted by atomic mass is 9.77. The number of rotatable bonds is 10. The number of aliphatic hydroxyl groups excluding tert-OH is 4. The Labute approximate surface area is 356 Å². The van der Waals surface area contributed by atoms with E-state index in [2.05, 4.69) is 0 Å². The van der Waals surface area contributed by atoms with Crippen LogP contribution < -0.4 is 5.73 Å². The summed E-state index contributed by atoms with van der Waals surface area (Å²) in [6.07, 6.45) is 1.54. The first-order valence-corrected chi connectivity index (χ1v) is 21.1. The molecule has 0 aliphatic carbocycles. The summed E-state index contributed by atoms with van der Waals surface area (Å²) in [6, 6.07) is 0. The number of esters is 1. The van der Waals surface area contributed by atoms with Gasteiger partial charge in [0.15, 0.2) is 18.2 Å². The second-order valence-electron chi connectivity index (χ2n) is 17.3. The number of aliphatic hydroxyl groups is 5. The molecule has 18 atom stereocenters. The lowest BCUT2D eigenvalue weighted by Gasteiger charge is -2.49. The second-order valence-corrected chi connectivity index (χ2v) is 17.3. The van der Waals surface area contributed by atoms with Gasteiger partial charge < -0.3 is 64.4 Å². The van der Waals surface area contributed by atoms with E-state index in [0.29, 0.717) is 12.0 Å². The Morgan fingerprint density at radius 1 is 1.05 bits per heavy atom. The van der Waals surface area contributed by atoms with E-state index < -0.39 is 103 Å². The van der Waals surface area contributed by atoms with E-state index in [4.69, 9.17) is 38.9 Å². The molecular formula is C45H73NO14. The number of hydrogen-bond donors (Lipinski definition) is 6. The van der Waals surface area contributed by atoms with E-state index in [9.17, 15) is 35.1 Å². The predicted molar refractivity (Wildman–Crippen MR) is 224 cm³/mol. The summed E-state index contributed by atoms with van der Waals surface area (Å²) in [5.74, 6) is -6.06. The highest BCUT2D eigenvalue weighted by Gasteiger charge is 2.52. The minimum Gasteiger partial charge on any atom is -0.490 e. The van der Waals surface area contributed by atoms with E-state index in [-0.39, 0.29) is 36.4 Å². The molecule has 3 aliphatic rings. The molecule has 2 fully saturated rings. The van der Waals surface area contributed by atoms with Crippen LogP contribution in [0.1, 0.15) is 88.5 Å². The standard InChI is InChI=1S/C45H73NO14/c1-13-15-33-27(6)36(57-37-21-32(47)42(31(10)56-37)59-44(46)52)22-45(53,60-33)30(9)40(50)29(8)41-34(54-11)17-14-16-23(2)18-25(4)38(48)28(7)39(49)26(5)19-24(3)20-35(55-12)43(51)58-41/h13-17,19-20,25-34,36-42,47-50,53H,18,21-22H2,1-12H3,(H2,46,52)/b15-13+,17-14+,23-16-,24-19-,35-20+/t25-,26-,27-,28+,29+,30+,31-,32-,33-,34-,36-,37+,38+,39-,40-,41?,42-,45-/m1/s1. The number of carbonyl (C=O) groups is 2. The van der Waals surface area contributed by atoms with Crippen molar-refractivity contribution < 1.29 is 68.3 Å². The summed E-state index contributed by atoms with van der Waals surface area (Å²) in [6.45, 7) is 18.0. The summed E-state index contributed by atoms with van der Waals surface area (Å²) in [5, 5.41) is 57.6. The molecule has 0 spiro atoms. The SMILES string of the molecule is C/C=C/[C@H]1O[C@@](O)([C@@H](C)[C@H](O)[C@H](C)C2OC(=O)/C(OC)=C\C(C)=C/[C@@H](C)[C@@H](O)[C@@H](C)[C@@H](O)[C@H](C)C/C(C)=C\C=C\[C@H]2OC)C[C@@H](O[C@H]2C[C@@H](O)[C@H](OC(N)=O)[C@@H](C)O2)[C@@H]1C. The van der Waals surface area contributed by atoms with Gasteiger partial charge in [0, 0.05) is 49.5 Å². The Balaban J connectivity index is 1.99. The molecule has 0 saturated carbocycles. The lowest BCUT2D eigenvalue weighted by molar-refractivity contribution is -0.338. The molecule has 1 unspecified atom stereocenters. The van der Waals surface area contributed by atoms with Gasteiger partial charge in [-0.2, -0.15) is 0 Å². The molecule has 60 heavy (non-hydrogen) atoms. The fourth-order valence-corrected chi connectivity index (χ4v) is 8.64. The Morgan fingerprint density at radius 3 is 2.30 bits per heavy atom. The molecule has 0 bridgehead atoms. The van der Waals surface area contributed by atoms with Crippen molar-refractivity contribution in [1.29, 1.82) is 0 Å². The molecule has 2 saturated heterocycles. The highest BCUT2D eigenvalue weighted by molar-refractivity contribution is 5.87. The molecule has 3 rings (SSSR count). The summed E-state index contributed by atoms with van der Waals surface area (Å²) < 4.78 is 41.3. The van der Waals surface area contributed by atoms with Crippen LogP contribution in [-0.2, 0) is 38.0 Å². The number of amides is 1. The maximum absolute atomic E-state index is 13.9. The van der Waals surface area contributed by atoms with E-state index in [1.807, 2.05) is 47.6 Å². The Morgan fingerprint density at radius 2 is 1.72 bits per heavy atom. The van der Waals surface area contributed by atoms with Crippen molar-refractivity contribution in [2.45, 2.75) is 162 Å². The van der Waals surface area contributed by atoms with E-state index in [1.54, 1.807) is 58.1 Å². The Bertz CT molecular complexity index is 1550. The van der Waals surface area contributed by atoms with Gasteiger partial charge in [-0.15, -0.1) is 0 Å². The molecule has 1 amide bonds. The smallest absolute Gasteiger partial charge is 0.404 e. The summed E-state index contributed by atoms with van der Waals surface area (Å²) in [4.78, 5) is 25.3. The number of primary amides is 1. The number of cyclic esters (lactones) is 1. The topological polar surface area (TPSA) is 226 Å². The molecule has 3 heterocycles. The molecule has 0 aromatic heterocycles. The Kier molecular flexibility index (Phi) is 19.5.